The highest BCUT2D eigenvalue weighted by Gasteiger charge is 2.60. The molecule has 0 aliphatic carbocycles. The molecule has 0 unspecified atom stereocenters. The lowest BCUT2D eigenvalue weighted by Crippen LogP contribution is -2.66. The minimum atomic E-state index is -2.60. The molecular weight excluding hydrogens is 335 g/mol. The SMILES string of the molecule is CC(C)(C)OC(=O)N1C(=O)[C@@](C)(F)C[C@@H](F)[C@@]1(C)c1ccccc1F. The molecule has 2 rings (SSSR count). The van der Waals surface area contributed by atoms with Crippen LogP contribution in [0.4, 0.5) is 18.0 Å². The summed E-state index contributed by atoms with van der Waals surface area (Å²) in [7, 11) is 0. The fraction of sp³-hybridized carbons (Fsp3) is 0.556. The monoisotopic (exact) mass is 357 g/mol. The van der Waals surface area contributed by atoms with Gasteiger partial charge in [-0.05, 0) is 40.7 Å². The Morgan fingerprint density at radius 2 is 1.84 bits per heavy atom. The van der Waals surface area contributed by atoms with Crippen LogP contribution in [-0.2, 0) is 15.1 Å². The summed E-state index contributed by atoms with van der Waals surface area (Å²) in [5.74, 6) is -2.04. The van der Waals surface area contributed by atoms with Crippen molar-refractivity contribution in [2.24, 2.45) is 0 Å². The minimum absolute atomic E-state index is 0.211. The Bertz CT molecular complexity index is 699. The van der Waals surface area contributed by atoms with E-state index in [-0.39, 0.29) is 5.56 Å². The first-order valence-electron chi connectivity index (χ1n) is 7.96. The highest BCUT2D eigenvalue weighted by atomic mass is 19.2. The fourth-order valence-electron chi connectivity index (χ4n) is 2.95. The normalized spacial score (nSPS) is 30.3. The maximum Gasteiger partial charge on any atom is 0.418 e. The van der Waals surface area contributed by atoms with E-state index in [1.807, 2.05) is 0 Å². The molecule has 25 heavy (non-hydrogen) atoms. The molecule has 0 aromatic heterocycles. The predicted molar refractivity (Wildman–Crippen MR) is 85.9 cm³/mol. The second kappa shape index (κ2) is 6.04. The van der Waals surface area contributed by atoms with Crippen LogP contribution in [0.5, 0.6) is 0 Å². The van der Waals surface area contributed by atoms with Gasteiger partial charge in [0.2, 0.25) is 0 Å². The van der Waals surface area contributed by atoms with Gasteiger partial charge in [-0.2, -0.15) is 0 Å². The number of hydrogen-bond acceptors (Lipinski definition) is 3. The number of carbonyl (C=O) groups is 2. The number of benzene rings is 1. The van der Waals surface area contributed by atoms with Crippen molar-refractivity contribution in [1.82, 2.24) is 4.90 Å². The highest BCUT2D eigenvalue weighted by Crippen LogP contribution is 2.45. The summed E-state index contributed by atoms with van der Waals surface area (Å²) in [5, 5.41) is 0. The Hall–Kier alpha value is -2.05. The maximum atomic E-state index is 15.0. The largest absolute Gasteiger partial charge is 0.443 e. The van der Waals surface area contributed by atoms with Crippen LogP contribution in [0.3, 0.4) is 0 Å². The lowest BCUT2D eigenvalue weighted by molar-refractivity contribution is -0.163. The molecule has 3 atom stereocenters. The summed E-state index contributed by atoms with van der Waals surface area (Å²) in [6.07, 6.45) is -4.00. The van der Waals surface area contributed by atoms with Gasteiger partial charge in [0.15, 0.2) is 5.67 Å². The molecular formula is C18H22F3NO3. The first kappa shape index (κ1) is 19.3. The second-order valence-corrected chi connectivity index (χ2v) is 7.62. The predicted octanol–water partition coefficient (Wildman–Crippen LogP) is 4.27. The maximum absolute atomic E-state index is 15.0. The van der Waals surface area contributed by atoms with Crippen molar-refractivity contribution >= 4 is 12.0 Å². The summed E-state index contributed by atoms with van der Waals surface area (Å²) in [4.78, 5) is 25.5. The highest BCUT2D eigenvalue weighted by molar-refractivity contribution is 5.99. The third-order valence-electron chi connectivity index (χ3n) is 4.28. The Labute approximate surface area is 144 Å². The van der Waals surface area contributed by atoms with Crippen LogP contribution >= 0.6 is 0 Å². The first-order chi connectivity index (χ1) is 11.3. The summed E-state index contributed by atoms with van der Waals surface area (Å²) in [6.45, 7) is 6.78. The van der Waals surface area contributed by atoms with E-state index >= 15 is 4.39 Å². The molecule has 1 fully saturated rings. The van der Waals surface area contributed by atoms with E-state index in [9.17, 15) is 18.4 Å². The molecule has 7 heteroatoms. The van der Waals surface area contributed by atoms with Crippen LogP contribution in [0.15, 0.2) is 24.3 Å². The van der Waals surface area contributed by atoms with Crippen molar-refractivity contribution in [3.63, 3.8) is 0 Å². The number of piperidine rings is 1. The molecule has 0 saturated carbocycles. The second-order valence-electron chi connectivity index (χ2n) is 7.62. The molecule has 1 aliphatic heterocycles. The van der Waals surface area contributed by atoms with E-state index in [0.717, 1.165) is 13.0 Å². The van der Waals surface area contributed by atoms with Crippen molar-refractivity contribution in [2.45, 2.75) is 64.0 Å². The van der Waals surface area contributed by atoms with Gasteiger partial charge >= 0.3 is 6.09 Å². The standard InChI is InChI=1S/C18H22F3NO3/c1-16(2,3)25-15(24)22-14(23)17(4,21)10-13(20)18(22,5)11-8-6-7-9-12(11)19/h6-9,13H,10H2,1-5H3/t13-,17+,18-/m1/s1. The number of rotatable bonds is 1. The molecule has 1 saturated heterocycles. The zero-order chi connectivity index (χ0) is 19.2. The average molecular weight is 357 g/mol. The van der Waals surface area contributed by atoms with Gasteiger partial charge in [0.1, 0.15) is 23.1 Å². The van der Waals surface area contributed by atoms with Crippen molar-refractivity contribution in [2.75, 3.05) is 0 Å². The minimum Gasteiger partial charge on any atom is -0.443 e. The number of likely N-dealkylation sites (tertiary alicyclic amines) is 1. The Balaban J connectivity index is 2.63. The Morgan fingerprint density at radius 1 is 1.28 bits per heavy atom. The van der Waals surface area contributed by atoms with E-state index in [1.54, 1.807) is 20.8 Å². The molecule has 0 bridgehead atoms. The number of nitrogens with zero attached hydrogens (tertiary/aromatic N) is 1. The van der Waals surface area contributed by atoms with Crippen LogP contribution in [-0.4, -0.2) is 34.3 Å². The molecule has 2 amide bonds. The molecule has 1 aromatic carbocycles. The third-order valence-corrected chi connectivity index (χ3v) is 4.28. The number of hydrogen-bond donors (Lipinski definition) is 0. The average Bonchev–Trinajstić information content (AvgIpc) is 2.43. The number of ether oxygens (including phenoxy) is 1. The van der Waals surface area contributed by atoms with E-state index < -0.39 is 47.2 Å². The lowest BCUT2D eigenvalue weighted by Gasteiger charge is -2.48. The third kappa shape index (κ3) is 3.37. The van der Waals surface area contributed by atoms with E-state index in [0.29, 0.717) is 4.90 Å². The van der Waals surface area contributed by atoms with Crippen molar-refractivity contribution in [1.29, 1.82) is 0 Å². The van der Waals surface area contributed by atoms with Gasteiger partial charge in [-0.3, -0.25) is 4.79 Å². The molecule has 4 nitrogen and oxygen atoms in total. The van der Waals surface area contributed by atoms with Gasteiger partial charge in [-0.15, -0.1) is 0 Å². The summed E-state index contributed by atoms with van der Waals surface area (Å²) < 4.78 is 49.1. The zero-order valence-corrected chi connectivity index (χ0v) is 14.9. The van der Waals surface area contributed by atoms with Gasteiger partial charge in [0.25, 0.3) is 5.91 Å². The van der Waals surface area contributed by atoms with Gasteiger partial charge < -0.3 is 4.74 Å². The number of imide groups is 1. The van der Waals surface area contributed by atoms with Gasteiger partial charge in [0, 0.05) is 12.0 Å². The number of amides is 2. The Morgan fingerprint density at radius 3 is 2.36 bits per heavy atom. The van der Waals surface area contributed by atoms with Crippen LogP contribution in [0.1, 0.15) is 46.6 Å². The first-order valence-corrected chi connectivity index (χ1v) is 7.96. The molecule has 0 spiro atoms. The lowest BCUT2D eigenvalue weighted by atomic mass is 9.76. The number of carbonyl (C=O) groups excluding carboxylic acids is 2. The number of alkyl halides is 2. The fourth-order valence-corrected chi connectivity index (χ4v) is 2.95. The number of halogens is 3. The topological polar surface area (TPSA) is 46.6 Å². The summed E-state index contributed by atoms with van der Waals surface area (Å²) >= 11 is 0. The van der Waals surface area contributed by atoms with Crippen LogP contribution < -0.4 is 0 Å². The van der Waals surface area contributed by atoms with Crippen LogP contribution in [0.25, 0.3) is 0 Å². The van der Waals surface area contributed by atoms with Crippen molar-refractivity contribution in [3.05, 3.63) is 35.6 Å². The van der Waals surface area contributed by atoms with E-state index in [4.69, 9.17) is 4.74 Å². The molecule has 1 aromatic rings. The summed E-state index contributed by atoms with van der Waals surface area (Å²) in [6, 6.07) is 5.22. The molecule has 0 radical (unpaired) electrons. The summed E-state index contributed by atoms with van der Waals surface area (Å²) in [5.41, 5.74) is -5.82. The van der Waals surface area contributed by atoms with Crippen molar-refractivity contribution < 1.29 is 27.5 Å². The molecule has 1 heterocycles. The van der Waals surface area contributed by atoms with E-state index in [2.05, 4.69) is 0 Å². The Kier molecular flexibility index (Phi) is 4.65. The molecule has 0 N–H and O–H groups in total. The van der Waals surface area contributed by atoms with Gasteiger partial charge in [-0.25, -0.2) is 22.9 Å². The zero-order valence-electron chi connectivity index (χ0n) is 14.9. The molecule has 1 aliphatic rings. The van der Waals surface area contributed by atoms with Crippen LogP contribution in [0, 0.1) is 5.82 Å². The van der Waals surface area contributed by atoms with Gasteiger partial charge in [0.05, 0.1) is 0 Å². The van der Waals surface area contributed by atoms with Crippen LogP contribution in [0.2, 0.25) is 0 Å². The van der Waals surface area contributed by atoms with Gasteiger partial charge in [-0.1, -0.05) is 18.2 Å². The quantitative estimate of drug-likeness (QED) is 0.754. The van der Waals surface area contributed by atoms with Crippen molar-refractivity contribution in [3.8, 4) is 0 Å². The molecule has 138 valence electrons. The smallest absolute Gasteiger partial charge is 0.418 e. The van der Waals surface area contributed by atoms with E-state index in [1.165, 1.54) is 25.1 Å².